The summed E-state index contributed by atoms with van der Waals surface area (Å²) in [6.07, 6.45) is 0. The summed E-state index contributed by atoms with van der Waals surface area (Å²) in [6.45, 7) is 9.54. The number of nitrogens with two attached hydrogens (primary N) is 1. The first kappa shape index (κ1) is 11.6. The number of anilines is 1. The number of allylic oxidation sites excluding steroid dienone is 1. The van der Waals surface area contributed by atoms with Gasteiger partial charge in [-0.3, -0.25) is 0 Å². The lowest BCUT2D eigenvalue weighted by Gasteiger charge is -2.04. The average molecular weight is 179 g/mol. The van der Waals surface area contributed by atoms with E-state index in [0.29, 0.717) is 11.3 Å². The molecule has 0 atom stereocenters. The van der Waals surface area contributed by atoms with Crippen LogP contribution in [0.2, 0.25) is 0 Å². The number of benzene rings is 1. The molecule has 2 heteroatoms. The number of hydrogen-bond donors (Lipinski definition) is 2. The van der Waals surface area contributed by atoms with E-state index in [1.54, 1.807) is 18.2 Å². The van der Waals surface area contributed by atoms with Crippen molar-refractivity contribution in [2.45, 2.75) is 20.8 Å². The molecule has 0 spiro atoms. The molecule has 1 rings (SSSR count). The molecule has 1 aromatic rings. The molecule has 0 aliphatic heterocycles. The van der Waals surface area contributed by atoms with Crippen molar-refractivity contribution < 1.29 is 5.11 Å². The first-order chi connectivity index (χ1) is 6.13. The highest BCUT2D eigenvalue weighted by Crippen LogP contribution is 2.28. The minimum absolute atomic E-state index is 0.125. The Balaban J connectivity index is 0.000000671. The van der Waals surface area contributed by atoms with Gasteiger partial charge in [-0.15, -0.1) is 0 Å². The predicted molar refractivity (Wildman–Crippen MR) is 58.6 cm³/mol. The van der Waals surface area contributed by atoms with Gasteiger partial charge in [0, 0.05) is 5.56 Å². The van der Waals surface area contributed by atoms with Gasteiger partial charge in [-0.25, -0.2) is 0 Å². The van der Waals surface area contributed by atoms with E-state index in [2.05, 4.69) is 6.58 Å². The molecule has 0 aromatic heterocycles. The maximum absolute atomic E-state index is 9.38. The topological polar surface area (TPSA) is 46.2 Å². The van der Waals surface area contributed by atoms with Gasteiger partial charge in [-0.2, -0.15) is 0 Å². The number of nitrogen functional groups attached to an aromatic ring is 1. The highest BCUT2D eigenvalue weighted by atomic mass is 16.3. The fourth-order valence-electron chi connectivity index (χ4n) is 0.906. The van der Waals surface area contributed by atoms with Gasteiger partial charge in [-0.1, -0.05) is 32.6 Å². The molecule has 3 N–H and O–H groups in total. The molecule has 0 radical (unpaired) electrons. The normalized spacial score (nSPS) is 8.54. The van der Waals surface area contributed by atoms with Crippen LogP contribution in [-0.4, -0.2) is 5.11 Å². The number of aromatic hydroxyl groups is 1. The second-order valence-electron chi connectivity index (χ2n) is 2.52. The first-order valence-corrected chi connectivity index (χ1v) is 4.36. The average Bonchev–Trinajstić information content (AvgIpc) is 2.13. The zero-order valence-corrected chi connectivity index (χ0v) is 8.46. The van der Waals surface area contributed by atoms with Crippen molar-refractivity contribution >= 4 is 11.3 Å². The fourth-order valence-corrected chi connectivity index (χ4v) is 0.906. The van der Waals surface area contributed by atoms with Crippen LogP contribution in [0.4, 0.5) is 5.69 Å². The predicted octanol–water partition coefficient (Wildman–Crippen LogP) is 3.03. The van der Waals surface area contributed by atoms with Gasteiger partial charge >= 0.3 is 0 Å². The highest BCUT2D eigenvalue weighted by molar-refractivity contribution is 5.72. The Hall–Kier alpha value is -1.44. The van der Waals surface area contributed by atoms with Crippen LogP contribution in [-0.2, 0) is 0 Å². The van der Waals surface area contributed by atoms with Crippen molar-refractivity contribution in [3.05, 3.63) is 30.3 Å². The molecule has 0 bridgehead atoms. The summed E-state index contributed by atoms with van der Waals surface area (Å²) in [5, 5.41) is 9.38. The summed E-state index contributed by atoms with van der Waals surface area (Å²) >= 11 is 0. The van der Waals surface area contributed by atoms with Crippen molar-refractivity contribution in [1.29, 1.82) is 0 Å². The van der Waals surface area contributed by atoms with Crippen molar-refractivity contribution in [2.24, 2.45) is 0 Å². The van der Waals surface area contributed by atoms with E-state index in [-0.39, 0.29) is 5.75 Å². The van der Waals surface area contributed by atoms with E-state index >= 15 is 0 Å². The second kappa shape index (κ2) is 5.25. The second-order valence-corrected chi connectivity index (χ2v) is 2.52. The molecular weight excluding hydrogens is 162 g/mol. The van der Waals surface area contributed by atoms with Gasteiger partial charge in [-0.05, 0) is 18.6 Å². The molecule has 0 aliphatic carbocycles. The zero-order chi connectivity index (χ0) is 10.4. The molecule has 0 saturated carbocycles. The molecule has 72 valence electrons. The van der Waals surface area contributed by atoms with Crippen LogP contribution in [0, 0.1) is 0 Å². The summed E-state index contributed by atoms with van der Waals surface area (Å²) in [6, 6.07) is 5.23. The SMILES string of the molecule is C=C(C)c1cccc(N)c1O.CC. The van der Waals surface area contributed by atoms with E-state index in [0.717, 1.165) is 5.57 Å². The highest BCUT2D eigenvalue weighted by Gasteiger charge is 2.02. The van der Waals surface area contributed by atoms with Gasteiger partial charge in [0.1, 0.15) is 5.75 Å². The van der Waals surface area contributed by atoms with Crippen molar-refractivity contribution in [3.8, 4) is 5.75 Å². The minimum atomic E-state index is 0.125. The third kappa shape index (κ3) is 2.82. The maximum Gasteiger partial charge on any atom is 0.145 e. The van der Waals surface area contributed by atoms with Crippen LogP contribution < -0.4 is 5.73 Å². The Bertz CT molecular complexity index is 292. The van der Waals surface area contributed by atoms with E-state index in [4.69, 9.17) is 5.73 Å². The lowest BCUT2D eigenvalue weighted by atomic mass is 10.1. The summed E-state index contributed by atoms with van der Waals surface area (Å²) < 4.78 is 0. The zero-order valence-electron chi connectivity index (χ0n) is 8.46. The number of rotatable bonds is 1. The van der Waals surface area contributed by atoms with Crippen LogP contribution in [0.1, 0.15) is 26.3 Å². The lowest BCUT2D eigenvalue weighted by Crippen LogP contribution is -1.88. The first-order valence-electron chi connectivity index (χ1n) is 4.36. The smallest absolute Gasteiger partial charge is 0.145 e. The van der Waals surface area contributed by atoms with Gasteiger partial charge in [0.25, 0.3) is 0 Å². The fraction of sp³-hybridized carbons (Fsp3) is 0.273. The molecule has 0 saturated heterocycles. The van der Waals surface area contributed by atoms with Crippen molar-refractivity contribution in [1.82, 2.24) is 0 Å². The van der Waals surface area contributed by atoms with Crippen LogP contribution in [0.5, 0.6) is 5.75 Å². The van der Waals surface area contributed by atoms with Crippen LogP contribution >= 0.6 is 0 Å². The minimum Gasteiger partial charge on any atom is -0.505 e. The Morgan fingerprint density at radius 3 is 2.31 bits per heavy atom. The van der Waals surface area contributed by atoms with Gasteiger partial charge in [0.2, 0.25) is 0 Å². The third-order valence-electron chi connectivity index (χ3n) is 1.53. The number of hydrogen-bond acceptors (Lipinski definition) is 2. The molecule has 1 aromatic carbocycles. The van der Waals surface area contributed by atoms with E-state index in [9.17, 15) is 5.11 Å². The van der Waals surface area contributed by atoms with Crippen molar-refractivity contribution in [2.75, 3.05) is 5.73 Å². The van der Waals surface area contributed by atoms with Gasteiger partial charge < -0.3 is 10.8 Å². The largest absolute Gasteiger partial charge is 0.505 e. The van der Waals surface area contributed by atoms with Crippen LogP contribution in [0.25, 0.3) is 5.57 Å². The Morgan fingerprint density at radius 2 is 1.92 bits per heavy atom. The van der Waals surface area contributed by atoms with E-state index in [1.807, 2.05) is 20.8 Å². The lowest BCUT2D eigenvalue weighted by molar-refractivity contribution is 0.476. The monoisotopic (exact) mass is 179 g/mol. The molecule has 2 nitrogen and oxygen atoms in total. The summed E-state index contributed by atoms with van der Waals surface area (Å²) in [5.41, 5.74) is 7.39. The molecule has 0 fully saturated rings. The quantitative estimate of drug-likeness (QED) is 0.514. The van der Waals surface area contributed by atoms with Crippen LogP contribution in [0.3, 0.4) is 0 Å². The van der Waals surface area contributed by atoms with Crippen molar-refractivity contribution in [3.63, 3.8) is 0 Å². The molecule has 0 unspecified atom stereocenters. The molecule has 0 amide bonds. The number of para-hydroxylation sites is 1. The van der Waals surface area contributed by atoms with E-state index in [1.165, 1.54) is 0 Å². The molecule has 13 heavy (non-hydrogen) atoms. The molecule has 0 heterocycles. The number of phenolic OH excluding ortho intramolecular Hbond substituents is 1. The molecule has 0 aliphatic rings. The maximum atomic E-state index is 9.38. The Kier molecular flexibility index (Phi) is 4.67. The van der Waals surface area contributed by atoms with E-state index < -0.39 is 0 Å². The standard InChI is InChI=1S/C9H11NO.C2H6/c1-6(2)7-4-3-5-8(10)9(7)11;1-2/h3-5,11H,1,10H2,2H3;1-2H3. The summed E-state index contributed by atoms with van der Waals surface area (Å²) in [5.74, 6) is 0.125. The summed E-state index contributed by atoms with van der Waals surface area (Å²) in [7, 11) is 0. The summed E-state index contributed by atoms with van der Waals surface area (Å²) in [4.78, 5) is 0. The third-order valence-corrected chi connectivity index (χ3v) is 1.53. The van der Waals surface area contributed by atoms with Crippen LogP contribution in [0.15, 0.2) is 24.8 Å². The number of phenols is 1. The molecular formula is C11H17NO. The Morgan fingerprint density at radius 1 is 1.38 bits per heavy atom. The Labute approximate surface area is 79.7 Å². The van der Waals surface area contributed by atoms with Gasteiger partial charge in [0.15, 0.2) is 0 Å². The van der Waals surface area contributed by atoms with Gasteiger partial charge in [0.05, 0.1) is 5.69 Å².